The molecule has 0 saturated carbocycles. The molecule has 1 N–H and O–H groups in total. The van der Waals surface area contributed by atoms with Crippen LogP contribution in [0.1, 0.15) is 15.3 Å². The van der Waals surface area contributed by atoms with E-state index >= 15 is 0 Å². The standard InChI is InChI=1S/C14H14N2S2/c1-9-3-6-12-13(7-9)18-14(16-12)15-8-11-5-4-10(2)17-11/h3-7H,8H2,1-2H3,(H,15,16). The fourth-order valence-electron chi connectivity index (χ4n) is 1.85. The van der Waals surface area contributed by atoms with Gasteiger partial charge in [0.2, 0.25) is 0 Å². The maximum absolute atomic E-state index is 4.59. The molecule has 0 aliphatic rings. The summed E-state index contributed by atoms with van der Waals surface area (Å²) in [7, 11) is 0. The van der Waals surface area contributed by atoms with E-state index < -0.39 is 0 Å². The summed E-state index contributed by atoms with van der Waals surface area (Å²) in [6.07, 6.45) is 0. The van der Waals surface area contributed by atoms with Crippen LogP contribution < -0.4 is 5.32 Å². The van der Waals surface area contributed by atoms with Crippen LogP contribution in [0.15, 0.2) is 30.3 Å². The fourth-order valence-corrected chi connectivity index (χ4v) is 3.64. The molecule has 2 aromatic heterocycles. The van der Waals surface area contributed by atoms with Crippen molar-refractivity contribution in [1.29, 1.82) is 0 Å². The van der Waals surface area contributed by atoms with Gasteiger partial charge in [-0.05, 0) is 43.7 Å². The Balaban J connectivity index is 1.78. The van der Waals surface area contributed by atoms with Crippen molar-refractivity contribution >= 4 is 38.0 Å². The Hall–Kier alpha value is -1.39. The molecule has 2 nitrogen and oxygen atoms in total. The Kier molecular flexibility index (Phi) is 3.06. The number of aryl methyl sites for hydroxylation is 2. The lowest BCUT2D eigenvalue weighted by Crippen LogP contribution is -1.95. The maximum atomic E-state index is 4.59. The first-order valence-electron chi connectivity index (χ1n) is 5.87. The van der Waals surface area contributed by atoms with Crippen LogP contribution in [0.2, 0.25) is 0 Å². The van der Waals surface area contributed by atoms with Gasteiger partial charge in [0.25, 0.3) is 0 Å². The molecular formula is C14H14N2S2. The first kappa shape index (κ1) is 11.7. The maximum Gasteiger partial charge on any atom is 0.184 e. The van der Waals surface area contributed by atoms with Gasteiger partial charge in [0.1, 0.15) is 0 Å². The lowest BCUT2D eigenvalue weighted by molar-refractivity contribution is 1.18. The minimum Gasteiger partial charge on any atom is -0.357 e. The summed E-state index contributed by atoms with van der Waals surface area (Å²) in [4.78, 5) is 7.29. The summed E-state index contributed by atoms with van der Waals surface area (Å²) in [5, 5.41) is 4.40. The van der Waals surface area contributed by atoms with E-state index in [-0.39, 0.29) is 0 Å². The van der Waals surface area contributed by atoms with E-state index in [4.69, 9.17) is 0 Å². The summed E-state index contributed by atoms with van der Waals surface area (Å²) < 4.78 is 1.25. The van der Waals surface area contributed by atoms with Crippen LogP contribution in [0.4, 0.5) is 5.13 Å². The number of rotatable bonds is 3. The second-order valence-corrected chi connectivity index (χ2v) is 6.76. The zero-order valence-corrected chi connectivity index (χ0v) is 12.0. The molecule has 0 spiro atoms. The molecule has 0 saturated heterocycles. The predicted molar refractivity (Wildman–Crippen MR) is 80.7 cm³/mol. The zero-order chi connectivity index (χ0) is 12.5. The van der Waals surface area contributed by atoms with E-state index in [1.54, 1.807) is 11.3 Å². The normalized spacial score (nSPS) is 11.0. The highest BCUT2D eigenvalue weighted by molar-refractivity contribution is 7.22. The molecule has 0 bridgehead atoms. The van der Waals surface area contributed by atoms with Gasteiger partial charge in [-0.1, -0.05) is 17.4 Å². The number of benzene rings is 1. The summed E-state index contributed by atoms with van der Waals surface area (Å²) in [6, 6.07) is 10.7. The molecule has 4 heteroatoms. The van der Waals surface area contributed by atoms with Crippen molar-refractivity contribution in [3.8, 4) is 0 Å². The number of thiazole rings is 1. The SMILES string of the molecule is Cc1ccc2nc(NCc3ccc(C)s3)sc2c1. The van der Waals surface area contributed by atoms with Crippen molar-refractivity contribution in [2.24, 2.45) is 0 Å². The van der Waals surface area contributed by atoms with Crippen LogP contribution in [-0.4, -0.2) is 4.98 Å². The third kappa shape index (κ3) is 2.40. The first-order valence-corrected chi connectivity index (χ1v) is 7.50. The van der Waals surface area contributed by atoms with E-state index in [0.717, 1.165) is 17.2 Å². The van der Waals surface area contributed by atoms with E-state index in [2.05, 4.69) is 54.5 Å². The van der Waals surface area contributed by atoms with Crippen LogP contribution in [0.5, 0.6) is 0 Å². The third-order valence-corrected chi connectivity index (χ3v) is 4.73. The molecule has 18 heavy (non-hydrogen) atoms. The highest BCUT2D eigenvalue weighted by atomic mass is 32.1. The Bertz CT molecular complexity index is 682. The second-order valence-electron chi connectivity index (χ2n) is 4.36. The molecule has 2 heterocycles. The molecular weight excluding hydrogens is 260 g/mol. The summed E-state index contributed by atoms with van der Waals surface area (Å²) in [5.41, 5.74) is 2.36. The van der Waals surface area contributed by atoms with Gasteiger partial charge in [0.15, 0.2) is 5.13 Å². The average Bonchev–Trinajstić information content (AvgIpc) is 2.92. The lowest BCUT2D eigenvalue weighted by atomic mass is 10.2. The number of thiophene rings is 1. The number of nitrogens with zero attached hydrogens (tertiary/aromatic N) is 1. The number of hydrogen-bond donors (Lipinski definition) is 1. The van der Waals surface area contributed by atoms with Gasteiger partial charge in [-0.15, -0.1) is 11.3 Å². The average molecular weight is 274 g/mol. The molecule has 1 aromatic carbocycles. The molecule has 0 amide bonds. The first-order chi connectivity index (χ1) is 8.70. The smallest absolute Gasteiger partial charge is 0.184 e. The molecule has 3 rings (SSSR count). The van der Waals surface area contributed by atoms with Crippen molar-refractivity contribution in [3.63, 3.8) is 0 Å². The summed E-state index contributed by atoms with van der Waals surface area (Å²) in [5.74, 6) is 0. The molecule has 0 unspecified atom stereocenters. The van der Waals surface area contributed by atoms with Crippen molar-refractivity contribution in [3.05, 3.63) is 45.6 Å². The van der Waals surface area contributed by atoms with Gasteiger partial charge in [0.05, 0.1) is 16.8 Å². The molecule has 0 fully saturated rings. The highest BCUT2D eigenvalue weighted by Gasteiger charge is 2.04. The Morgan fingerprint density at radius 2 is 2.00 bits per heavy atom. The Morgan fingerprint density at radius 3 is 2.78 bits per heavy atom. The van der Waals surface area contributed by atoms with Crippen LogP contribution in [0, 0.1) is 13.8 Å². The molecule has 92 valence electrons. The van der Waals surface area contributed by atoms with Gasteiger partial charge < -0.3 is 5.32 Å². The van der Waals surface area contributed by atoms with Gasteiger partial charge in [0, 0.05) is 9.75 Å². The van der Waals surface area contributed by atoms with Crippen LogP contribution in [0.25, 0.3) is 10.2 Å². The predicted octanol–water partition coefficient (Wildman–Crippen LogP) is 4.59. The van der Waals surface area contributed by atoms with E-state index in [9.17, 15) is 0 Å². The highest BCUT2D eigenvalue weighted by Crippen LogP contribution is 2.27. The molecule has 0 aliphatic carbocycles. The van der Waals surface area contributed by atoms with Crippen LogP contribution >= 0.6 is 22.7 Å². The van der Waals surface area contributed by atoms with Crippen molar-refractivity contribution in [2.75, 3.05) is 5.32 Å². The largest absolute Gasteiger partial charge is 0.357 e. The minimum absolute atomic E-state index is 0.858. The number of anilines is 1. The monoisotopic (exact) mass is 274 g/mol. The lowest BCUT2D eigenvalue weighted by Gasteiger charge is -1.98. The topological polar surface area (TPSA) is 24.9 Å². The fraction of sp³-hybridized carbons (Fsp3) is 0.214. The second kappa shape index (κ2) is 4.71. The Labute approximate surface area is 114 Å². The van der Waals surface area contributed by atoms with Crippen molar-refractivity contribution < 1.29 is 0 Å². The van der Waals surface area contributed by atoms with Crippen molar-refractivity contribution in [1.82, 2.24) is 4.98 Å². The van der Waals surface area contributed by atoms with Gasteiger partial charge >= 0.3 is 0 Å². The van der Waals surface area contributed by atoms with E-state index in [0.29, 0.717) is 0 Å². The van der Waals surface area contributed by atoms with Crippen LogP contribution in [-0.2, 0) is 6.54 Å². The number of fused-ring (bicyclic) bond motifs is 1. The van der Waals surface area contributed by atoms with Gasteiger partial charge in [-0.25, -0.2) is 4.98 Å². The number of hydrogen-bond acceptors (Lipinski definition) is 4. The summed E-state index contributed by atoms with van der Waals surface area (Å²) >= 11 is 3.55. The van der Waals surface area contributed by atoms with E-state index in [1.165, 1.54) is 20.0 Å². The molecule has 0 aliphatic heterocycles. The van der Waals surface area contributed by atoms with E-state index in [1.807, 2.05) is 11.3 Å². The number of nitrogens with one attached hydrogen (secondary N) is 1. The molecule has 0 atom stereocenters. The van der Waals surface area contributed by atoms with Gasteiger partial charge in [-0.3, -0.25) is 0 Å². The van der Waals surface area contributed by atoms with Gasteiger partial charge in [-0.2, -0.15) is 0 Å². The zero-order valence-electron chi connectivity index (χ0n) is 10.4. The third-order valence-electron chi connectivity index (χ3n) is 2.75. The van der Waals surface area contributed by atoms with Crippen molar-refractivity contribution in [2.45, 2.75) is 20.4 Å². The molecule has 3 aromatic rings. The Morgan fingerprint density at radius 1 is 1.11 bits per heavy atom. The quantitative estimate of drug-likeness (QED) is 0.755. The molecule has 0 radical (unpaired) electrons. The number of aromatic nitrogens is 1. The summed E-state index contributed by atoms with van der Waals surface area (Å²) in [6.45, 7) is 5.10. The van der Waals surface area contributed by atoms with Crippen LogP contribution in [0.3, 0.4) is 0 Å². The minimum atomic E-state index is 0.858.